The van der Waals surface area contributed by atoms with Crippen molar-refractivity contribution >= 4 is 11.6 Å². The van der Waals surface area contributed by atoms with Crippen LogP contribution in [0.2, 0.25) is 0 Å². The Bertz CT molecular complexity index is 943. The van der Waals surface area contributed by atoms with Gasteiger partial charge < -0.3 is 4.84 Å². The smallest absolute Gasteiger partial charge is 0.362 e. The summed E-state index contributed by atoms with van der Waals surface area (Å²) in [6, 6.07) is 4.46. The number of carbonyl (C=O) groups is 1. The molecule has 1 atom stereocenters. The molecule has 2 aromatic heterocycles. The molecule has 3 heterocycles. The fourth-order valence-electron chi connectivity index (χ4n) is 3.06. The van der Waals surface area contributed by atoms with Gasteiger partial charge in [-0.15, -0.1) is 5.06 Å². The monoisotopic (exact) mass is 344 g/mol. The fraction of sp³-hybridized carbons (Fsp3) is 0.235. The van der Waals surface area contributed by atoms with Gasteiger partial charge >= 0.3 is 5.97 Å². The van der Waals surface area contributed by atoms with Crippen molar-refractivity contribution in [3.63, 3.8) is 0 Å². The summed E-state index contributed by atoms with van der Waals surface area (Å²) in [5.41, 5.74) is 0.773. The highest BCUT2D eigenvalue weighted by molar-refractivity contribution is 5.95. The summed E-state index contributed by atoms with van der Waals surface area (Å²) in [7, 11) is 0. The number of hydrogen-bond acceptors (Lipinski definition) is 5. The van der Waals surface area contributed by atoms with E-state index in [0.717, 1.165) is 18.2 Å². The SMILES string of the molecule is O=C(ON1CCC[C@@H]1c1cc(F)ccc1F)c1cnn2cccnc12. The zero-order valence-electron chi connectivity index (χ0n) is 13.1. The molecule has 1 aliphatic rings. The highest BCUT2D eigenvalue weighted by Gasteiger charge is 2.32. The van der Waals surface area contributed by atoms with Crippen LogP contribution < -0.4 is 0 Å². The molecular formula is C17H14F2N4O2. The van der Waals surface area contributed by atoms with Gasteiger partial charge in [0.25, 0.3) is 0 Å². The Kier molecular flexibility index (Phi) is 3.89. The molecule has 0 radical (unpaired) electrons. The van der Waals surface area contributed by atoms with Crippen molar-refractivity contribution in [1.82, 2.24) is 19.7 Å². The normalized spacial score (nSPS) is 17.9. The van der Waals surface area contributed by atoms with Gasteiger partial charge in [0.1, 0.15) is 17.2 Å². The molecule has 0 aliphatic carbocycles. The third-order valence-corrected chi connectivity index (χ3v) is 4.22. The predicted octanol–water partition coefficient (Wildman–Crippen LogP) is 2.92. The van der Waals surface area contributed by atoms with Crippen molar-refractivity contribution in [3.8, 4) is 0 Å². The van der Waals surface area contributed by atoms with Crippen LogP contribution >= 0.6 is 0 Å². The molecule has 1 aliphatic heterocycles. The summed E-state index contributed by atoms with van der Waals surface area (Å²) < 4.78 is 29.0. The van der Waals surface area contributed by atoms with Gasteiger partial charge in [-0.25, -0.2) is 23.1 Å². The van der Waals surface area contributed by atoms with Gasteiger partial charge in [-0.05, 0) is 37.1 Å². The molecule has 0 unspecified atom stereocenters. The average molecular weight is 344 g/mol. The van der Waals surface area contributed by atoms with E-state index in [1.807, 2.05) is 0 Å². The lowest BCUT2D eigenvalue weighted by Crippen LogP contribution is -2.27. The molecule has 25 heavy (non-hydrogen) atoms. The number of rotatable bonds is 3. The van der Waals surface area contributed by atoms with Crippen molar-refractivity contribution in [2.45, 2.75) is 18.9 Å². The number of nitrogens with zero attached hydrogens (tertiary/aromatic N) is 4. The first kappa shape index (κ1) is 15.6. The molecule has 0 bridgehead atoms. The molecule has 1 aromatic carbocycles. The van der Waals surface area contributed by atoms with Crippen LogP contribution in [0.1, 0.15) is 34.8 Å². The zero-order chi connectivity index (χ0) is 17.4. The molecule has 0 saturated carbocycles. The van der Waals surface area contributed by atoms with E-state index in [1.165, 1.54) is 15.8 Å². The predicted molar refractivity (Wildman–Crippen MR) is 83.4 cm³/mol. The minimum Gasteiger partial charge on any atom is -0.363 e. The topological polar surface area (TPSA) is 59.7 Å². The molecule has 0 spiro atoms. The van der Waals surface area contributed by atoms with Gasteiger partial charge in [-0.1, -0.05) is 0 Å². The van der Waals surface area contributed by atoms with Gasteiger partial charge in [0.05, 0.1) is 12.2 Å². The Hall–Kier alpha value is -2.87. The van der Waals surface area contributed by atoms with Crippen LogP contribution in [0, 0.1) is 11.6 Å². The quantitative estimate of drug-likeness (QED) is 0.731. The molecule has 6 nitrogen and oxygen atoms in total. The average Bonchev–Trinajstić information content (AvgIpc) is 3.23. The second-order valence-corrected chi connectivity index (χ2v) is 5.79. The maximum atomic E-state index is 14.1. The number of hydroxylamine groups is 2. The summed E-state index contributed by atoms with van der Waals surface area (Å²) >= 11 is 0. The van der Waals surface area contributed by atoms with Crippen LogP contribution in [0.4, 0.5) is 8.78 Å². The van der Waals surface area contributed by atoms with Crippen molar-refractivity contribution in [1.29, 1.82) is 0 Å². The highest BCUT2D eigenvalue weighted by Crippen LogP contribution is 2.34. The van der Waals surface area contributed by atoms with Gasteiger partial charge in [0.15, 0.2) is 5.65 Å². The number of benzene rings is 1. The molecule has 3 aromatic rings. The van der Waals surface area contributed by atoms with E-state index >= 15 is 0 Å². The number of hydrogen-bond donors (Lipinski definition) is 0. The minimum atomic E-state index is -0.627. The van der Waals surface area contributed by atoms with Gasteiger partial charge in [0, 0.05) is 24.5 Å². The Labute approximate surface area is 141 Å². The summed E-state index contributed by atoms with van der Waals surface area (Å²) in [6.07, 6.45) is 5.87. The fourth-order valence-corrected chi connectivity index (χ4v) is 3.06. The third-order valence-electron chi connectivity index (χ3n) is 4.22. The number of carbonyl (C=O) groups excluding carboxylic acids is 1. The van der Waals surface area contributed by atoms with E-state index in [-0.39, 0.29) is 11.1 Å². The highest BCUT2D eigenvalue weighted by atomic mass is 19.1. The standard InChI is InChI=1S/C17H14F2N4O2/c18-11-4-5-14(19)12(9-11)15-3-1-8-23(15)25-17(24)13-10-21-22-7-2-6-20-16(13)22/h2,4-7,9-10,15H,1,3,8H2/t15-/m1/s1. The van der Waals surface area contributed by atoms with Gasteiger partial charge in [0.2, 0.25) is 0 Å². The Balaban J connectivity index is 1.59. The summed E-state index contributed by atoms with van der Waals surface area (Å²) in [5, 5.41) is 5.44. The van der Waals surface area contributed by atoms with Crippen LogP contribution in [-0.4, -0.2) is 32.2 Å². The summed E-state index contributed by atoms with van der Waals surface area (Å²) in [6.45, 7) is 0.443. The molecule has 1 saturated heterocycles. The van der Waals surface area contributed by atoms with Crippen LogP contribution in [0.3, 0.4) is 0 Å². The minimum absolute atomic E-state index is 0.184. The Morgan fingerprint density at radius 2 is 2.20 bits per heavy atom. The lowest BCUT2D eigenvalue weighted by atomic mass is 10.0. The second kappa shape index (κ2) is 6.21. The van der Waals surface area contributed by atoms with Crippen molar-refractivity contribution in [2.24, 2.45) is 0 Å². The second-order valence-electron chi connectivity index (χ2n) is 5.79. The largest absolute Gasteiger partial charge is 0.363 e. The van der Waals surface area contributed by atoms with Gasteiger partial charge in [-0.2, -0.15) is 5.10 Å². The zero-order valence-corrected chi connectivity index (χ0v) is 13.1. The molecule has 128 valence electrons. The lowest BCUT2D eigenvalue weighted by Gasteiger charge is -2.23. The molecule has 0 N–H and O–H groups in total. The van der Waals surface area contributed by atoms with Crippen LogP contribution in [0.5, 0.6) is 0 Å². The number of halogens is 2. The van der Waals surface area contributed by atoms with E-state index in [0.29, 0.717) is 25.0 Å². The molecule has 8 heteroatoms. The summed E-state index contributed by atoms with van der Waals surface area (Å²) in [5.74, 6) is -1.68. The third kappa shape index (κ3) is 2.85. The number of fused-ring (bicyclic) bond motifs is 1. The Morgan fingerprint density at radius 1 is 1.32 bits per heavy atom. The van der Waals surface area contributed by atoms with E-state index in [1.54, 1.807) is 18.5 Å². The van der Waals surface area contributed by atoms with Gasteiger partial charge in [-0.3, -0.25) is 0 Å². The van der Waals surface area contributed by atoms with Crippen LogP contribution in [0.15, 0.2) is 42.9 Å². The van der Waals surface area contributed by atoms with Crippen molar-refractivity contribution in [3.05, 3.63) is 65.6 Å². The van der Waals surface area contributed by atoms with Crippen molar-refractivity contribution < 1.29 is 18.4 Å². The summed E-state index contributed by atoms with van der Waals surface area (Å²) in [4.78, 5) is 22.0. The van der Waals surface area contributed by atoms with Crippen molar-refractivity contribution in [2.75, 3.05) is 6.54 Å². The van der Waals surface area contributed by atoms with E-state index in [9.17, 15) is 13.6 Å². The van der Waals surface area contributed by atoms with Crippen LogP contribution in [-0.2, 0) is 4.84 Å². The van der Waals surface area contributed by atoms with E-state index in [4.69, 9.17) is 4.84 Å². The molecule has 1 fully saturated rings. The molecule has 4 rings (SSSR count). The molecule has 0 amide bonds. The van der Waals surface area contributed by atoms with E-state index in [2.05, 4.69) is 10.1 Å². The first-order chi connectivity index (χ1) is 12.1. The first-order valence-corrected chi connectivity index (χ1v) is 7.86. The maximum absolute atomic E-state index is 14.1. The molecular weight excluding hydrogens is 330 g/mol. The Morgan fingerprint density at radius 3 is 3.08 bits per heavy atom. The first-order valence-electron chi connectivity index (χ1n) is 7.86. The lowest BCUT2D eigenvalue weighted by molar-refractivity contribution is -0.120. The van der Waals surface area contributed by atoms with Crippen LogP contribution in [0.25, 0.3) is 5.65 Å². The number of aromatic nitrogens is 3. The maximum Gasteiger partial charge on any atom is 0.362 e. The van der Waals surface area contributed by atoms with E-state index < -0.39 is 23.6 Å².